The van der Waals surface area contributed by atoms with E-state index < -0.39 is 0 Å². The number of rotatable bonds is 3. The fourth-order valence-electron chi connectivity index (χ4n) is 0.390. The van der Waals surface area contributed by atoms with Crippen molar-refractivity contribution in [2.24, 2.45) is 16.2 Å². The van der Waals surface area contributed by atoms with E-state index >= 15 is 0 Å². The van der Waals surface area contributed by atoms with Crippen LogP contribution < -0.4 is 0 Å². The van der Waals surface area contributed by atoms with E-state index in [2.05, 4.69) is 32.9 Å². The molecule has 0 saturated carbocycles. The van der Waals surface area contributed by atoms with Gasteiger partial charge in [0.25, 0.3) is 0 Å². The highest BCUT2D eigenvalue weighted by Gasteiger charge is 2.06. The standard InChI is InChI=1S/C5H9IN2O2/c1-4(2-6)5(8-10)3-7-9/h3-4,9-10H,2H2,1H3. The van der Waals surface area contributed by atoms with Gasteiger partial charge >= 0.3 is 0 Å². The van der Waals surface area contributed by atoms with Gasteiger partial charge in [0.05, 0.1) is 6.21 Å². The van der Waals surface area contributed by atoms with Gasteiger partial charge in [-0.3, -0.25) is 0 Å². The van der Waals surface area contributed by atoms with Crippen molar-refractivity contribution >= 4 is 34.5 Å². The second kappa shape index (κ2) is 5.45. The normalized spacial score (nSPS) is 16.0. The molecule has 0 fully saturated rings. The maximum Gasteiger partial charge on any atom is 0.105 e. The quantitative estimate of drug-likeness (QED) is 0.263. The first-order chi connectivity index (χ1) is 4.76. The molecule has 2 N–H and O–H groups in total. The summed E-state index contributed by atoms with van der Waals surface area (Å²) in [4.78, 5) is 0. The maximum atomic E-state index is 8.34. The predicted octanol–water partition coefficient (Wildman–Crippen LogP) is 1.35. The van der Waals surface area contributed by atoms with Gasteiger partial charge < -0.3 is 10.4 Å². The molecule has 58 valence electrons. The first kappa shape index (κ1) is 9.67. The number of hydrogen-bond acceptors (Lipinski definition) is 4. The lowest BCUT2D eigenvalue weighted by Crippen LogP contribution is -2.13. The molecule has 0 bridgehead atoms. The molecule has 0 heterocycles. The molecule has 1 unspecified atom stereocenters. The third-order valence-electron chi connectivity index (χ3n) is 1.04. The largest absolute Gasteiger partial charge is 0.411 e. The molecule has 0 aromatic rings. The molecule has 0 aliphatic heterocycles. The van der Waals surface area contributed by atoms with Gasteiger partial charge in [0.1, 0.15) is 5.71 Å². The van der Waals surface area contributed by atoms with Crippen LogP contribution in [-0.4, -0.2) is 26.8 Å². The Kier molecular flexibility index (Phi) is 5.27. The molecule has 0 saturated heterocycles. The van der Waals surface area contributed by atoms with E-state index in [9.17, 15) is 0 Å². The molecular weight excluding hydrogens is 247 g/mol. The van der Waals surface area contributed by atoms with Crippen LogP contribution in [0, 0.1) is 5.92 Å². The van der Waals surface area contributed by atoms with Crippen molar-refractivity contribution in [1.82, 2.24) is 0 Å². The number of alkyl halides is 1. The Balaban J connectivity index is 4.08. The smallest absolute Gasteiger partial charge is 0.105 e. The lowest BCUT2D eigenvalue weighted by atomic mass is 10.1. The van der Waals surface area contributed by atoms with Crippen molar-refractivity contribution in [2.75, 3.05) is 4.43 Å². The third-order valence-corrected chi connectivity index (χ3v) is 2.36. The summed E-state index contributed by atoms with van der Waals surface area (Å²) in [6.45, 7) is 1.88. The Hall–Kier alpha value is -0.330. The van der Waals surface area contributed by atoms with Crippen LogP contribution in [0.25, 0.3) is 0 Å². The van der Waals surface area contributed by atoms with Crippen LogP contribution in [-0.2, 0) is 0 Å². The highest BCUT2D eigenvalue weighted by molar-refractivity contribution is 14.1. The van der Waals surface area contributed by atoms with E-state index in [0.29, 0.717) is 5.71 Å². The summed E-state index contributed by atoms with van der Waals surface area (Å²) in [6, 6.07) is 0. The lowest BCUT2D eigenvalue weighted by molar-refractivity contribution is 0.313. The first-order valence-corrected chi connectivity index (χ1v) is 4.24. The Morgan fingerprint density at radius 2 is 2.30 bits per heavy atom. The number of hydrogen-bond donors (Lipinski definition) is 2. The van der Waals surface area contributed by atoms with Gasteiger partial charge in [0.15, 0.2) is 0 Å². The summed E-state index contributed by atoms with van der Waals surface area (Å²) in [7, 11) is 0. The molecule has 0 aliphatic carbocycles. The molecule has 10 heavy (non-hydrogen) atoms. The molecule has 0 aromatic carbocycles. The van der Waals surface area contributed by atoms with Crippen LogP contribution >= 0.6 is 22.6 Å². The average molecular weight is 256 g/mol. The monoisotopic (exact) mass is 256 g/mol. The molecule has 5 heteroatoms. The van der Waals surface area contributed by atoms with Crippen molar-refractivity contribution in [3.63, 3.8) is 0 Å². The van der Waals surface area contributed by atoms with Crippen LogP contribution in [0.15, 0.2) is 10.3 Å². The van der Waals surface area contributed by atoms with Crippen LogP contribution in [0.4, 0.5) is 0 Å². The minimum Gasteiger partial charge on any atom is -0.411 e. The summed E-state index contributed by atoms with van der Waals surface area (Å²) >= 11 is 2.16. The minimum atomic E-state index is 0.112. The van der Waals surface area contributed by atoms with Crippen molar-refractivity contribution in [3.05, 3.63) is 0 Å². The summed E-state index contributed by atoms with van der Waals surface area (Å²) in [5.41, 5.74) is 0.386. The van der Waals surface area contributed by atoms with E-state index in [1.54, 1.807) is 0 Å². The van der Waals surface area contributed by atoms with Crippen molar-refractivity contribution in [3.8, 4) is 0 Å². The summed E-state index contributed by atoms with van der Waals surface area (Å²) in [5.74, 6) is 0.112. The molecule has 0 aliphatic rings. The molecule has 0 radical (unpaired) electrons. The van der Waals surface area contributed by atoms with E-state index in [0.717, 1.165) is 10.6 Å². The Labute approximate surface area is 72.7 Å². The molecule has 1 atom stereocenters. The highest BCUT2D eigenvalue weighted by Crippen LogP contribution is 2.01. The lowest BCUT2D eigenvalue weighted by Gasteiger charge is -2.02. The molecular formula is C5H9IN2O2. The van der Waals surface area contributed by atoms with Gasteiger partial charge in [0.2, 0.25) is 0 Å². The fourth-order valence-corrected chi connectivity index (χ4v) is 0.841. The highest BCUT2D eigenvalue weighted by atomic mass is 127. The zero-order chi connectivity index (χ0) is 7.98. The maximum absolute atomic E-state index is 8.34. The van der Waals surface area contributed by atoms with E-state index in [4.69, 9.17) is 10.4 Å². The molecule has 0 aromatic heterocycles. The predicted molar refractivity (Wildman–Crippen MR) is 47.6 cm³/mol. The van der Waals surface area contributed by atoms with Gasteiger partial charge in [-0.05, 0) is 0 Å². The molecule has 0 rings (SSSR count). The van der Waals surface area contributed by atoms with Gasteiger partial charge in [-0.15, -0.1) is 0 Å². The Bertz CT molecular complexity index is 147. The van der Waals surface area contributed by atoms with Crippen LogP contribution in [0.5, 0.6) is 0 Å². The second-order valence-electron chi connectivity index (χ2n) is 1.82. The van der Waals surface area contributed by atoms with E-state index in [-0.39, 0.29) is 5.92 Å². The van der Waals surface area contributed by atoms with Gasteiger partial charge in [0, 0.05) is 10.3 Å². The zero-order valence-corrected chi connectivity index (χ0v) is 7.69. The van der Waals surface area contributed by atoms with E-state index in [1.807, 2.05) is 6.92 Å². The van der Waals surface area contributed by atoms with Gasteiger partial charge in [-0.1, -0.05) is 39.8 Å². The third kappa shape index (κ3) is 3.00. The number of nitrogens with zero attached hydrogens (tertiary/aromatic N) is 2. The topological polar surface area (TPSA) is 65.2 Å². The fraction of sp³-hybridized carbons (Fsp3) is 0.600. The molecule has 0 amide bonds. The summed E-state index contributed by atoms with van der Waals surface area (Å²) < 4.78 is 0.823. The summed E-state index contributed by atoms with van der Waals surface area (Å²) in [5, 5.41) is 22.1. The zero-order valence-electron chi connectivity index (χ0n) is 5.53. The van der Waals surface area contributed by atoms with E-state index in [1.165, 1.54) is 0 Å². The SMILES string of the molecule is CC(CI)C(C=NO)=NO. The van der Waals surface area contributed by atoms with Gasteiger partial charge in [-0.2, -0.15) is 0 Å². The Morgan fingerprint density at radius 1 is 1.70 bits per heavy atom. The Morgan fingerprint density at radius 3 is 2.60 bits per heavy atom. The summed E-state index contributed by atoms with van der Waals surface area (Å²) in [6.07, 6.45) is 1.13. The second-order valence-corrected chi connectivity index (χ2v) is 2.71. The van der Waals surface area contributed by atoms with Crippen LogP contribution in [0.1, 0.15) is 6.92 Å². The van der Waals surface area contributed by atoms with Crippen molar-refractivity contribution in [2.45, 2.75) is 6.92 Å². The molecule has 0 spiro atoms. The first-order valence-electron chi connectivity index (χ1n) is 2.71. The minimum absolute atomic E-state index is 0.112. The number of halogens is 1. The molecule has 4 nitrogen and oxygen atoms in total. The van der Waals surface area contributed by atoms with Crippen LogP contribution in [0.3, 0.4) is 0 Å². The average Bonchev–Trinajstić information content (AvgIpc) is 1.99. The van der Waals surface area contributed by atoms with Crippen LogP contribution in [0.2, 0.25) is 0 Å². The van der Waals surface area contributed by atoms with Gasteiger partial charge in [-0.25, -0.2) is 0 Å². The van der Waals surface area contributed by atoms with Crippen molar-refractivity contribution in [1.29, 1.82) is 0 Å². The van der Waals surface area contributed by atoms with Crippen molar-refractivity contribution < 1.29 is 10.4 Å². The number of oxime groups is 2.